The van der Waals surface area contributed by atoms with E-state index in [1.807, 2.05) is 6.07 Å². The largest absolute Gasteiger partial charge is 0.454 e. The highest BCUT2D eigenvalue weighted by atomic mass is 19.1. The molecule has 0 N–H and O–H groups in total. The molecule has 6 rings (SSSR count). The standard InChI is InChI=1S/C35H37FNO/c1-21-8-12-26-27-13-14-28(36)31(23-10-11-24-18-35(5,6)19-25(24)16-23)33(27)38-32(26)30(21)29-15-9-22(20-37(29)7)17-34(2,3)4/h8-16,20H,17-19H2,1-7H3/q+1. The van der Waals surface area contributed by atoms with E-state index in [1.165, 1.54) is 16.7 Å². The maximum absolute atomic E-state index is 15.5. The highest BCUT2D eigenvalue weighted by Gasteiger charge is 2.29. The van der Waals surface area contributed by atoms with E-state index in [0.717, 1.165) is 58.0 Å². The molecule has 0 aliphatic heterocycles. The number of aryl methyl sites for hydroxylation is 2. The molecule has 1 aliphatic carbocycles. The van der Waals surface area contributed by atoms with Gasteiger partial charge >= 0.3 is 0 Å². The molecule has 3 aromatic carbocycles. The Balaban J connectivity index is 1.55. The summed E-state index contributed by atoms with van der Waals surface area (Å²) in [6.07, 6.45) is 5.31. The van der Waals surface area contributed by atoms with Gasteiger partial charge in [0.1, 0.15) is 24.0 Å². The van der Waals surface area contributed by atoms with E-state index in [0.29, 0.717) is 11.1 Å². The van der Waals surface area contributed by atoms with Gasteiger partial charge in [-0.1, -0.05) is 65.0 Å². The van der Waals surface area contributed by atoms with Crippen molar-refractivity contribution in [3.8, 4) is 22.4 Å². The molecule has 0 amide bonds. The van der Waals surface area contributed by atoms with Crippen molar-refractivity contribution < 1.29 is 13.4 Å². The van der Waals surface area contributed by atoms with Crippen molar-refractivity contribution in [3.63, 3.8) is 0 Å². The van der Waals surface area contributed by atoms with Crippen LogP contribution in [0, 0.1) is 23.6 Å². The molecule has 2 aromatic heterocycles. The summed E-state index contributed by atoms with van der Waals surface area (Å²) in [7, 11) is 2.10. The smallest absolute Gasteiger partial charge is 0.216 e. The summed E-state index contributed by atoms with van der Waals surface area (Å²) in [5.41, 5.74) is 10.6. The Morgan fingerprint density at radius 2 is 1.55 bits per heavy atom. The number of benzene rings is 3. The lowest BCUT2D eigenvalue weighted by molar-refractivity contribution is -0.660. The third-order valence-corrected chi connectivity index (χ3v) is 7.99. The Hall–Kier alpha value is -3.46. The van der Waals surface area contributed by atoms with Gasteiger partial charge in [0.15, 0.2) is 6.20 Å². The van der Waals surface area contributed by atoms with Crippen LogP contribution in [0.3, 0.4) is 0 Å². The lowest BCUT2D eigenvalue weighted by atomic mass is 9.88. The first-order valence-corrected chi connectivity index (χ1v) is 13.7. The molecule has 0 fully saturated rings. The van der Waals surface area contributed by atoms with Gasteiger partial charge in [0.25, 0.3) is 0 Å². The first-order valence-electron chi connectivity index (χ1n) is 13.7. The van der Waals surface area contributed by atoms with Gasteiger partial charge in [0.05, 0.1) is 11.1 Å². The summed E-state index contributed by atoms with van der Waals surface area (Å²) < 4.78 is 24.4. The average Bonchev–Trinajstić information content (AvgIpc) is 3.33. The van der Waals surface area contributed by atoms with Crippen LogP contribution in [0.4, 0.5) is 4.39 Å². The Morgan fingerprint density at radius 1 is 0.868 bits per heavy atom. The number of hydrogen-bond donors (Lipinski definition) is 0. The molecule has 0 bridgehead atoms. The molecule has 2 nitrogen and oxygen atoms in total. The Kier molecular flexibility index (Phi) is 5.58. The van der Waals surface area contributed by atoms with Gasteiger partial charge < -0.3 is 4.42 Å². The van der Waals surface area contributed by atoms with Crippen LogP contribution < -0.4 is 4.57 Å². The van der Waals surface area contributed by atoms with E-state index in [2.05, 4.69) is 102 Å². The van der Waals surface area contributed by atoms with E-state index in [-0.39, 0.29) is 16.6 Å². The predicted molar refractivity (Wildman–Crippen MR) is 155 cm³/mol. The highest BCUT2D eigenvalue weighted by molar-refractivity contribution is 6.13. The Labute approximate surface area is 225 Å². The van der Waals surface area contributed by atoms with Gasteiger partial charge in [-0.3, -0.25) is 0 Å². The van der Waals surface area contributed by atoms with Crippen molar-refractivity contribution in [1.82, 2.24) is 0 Å². The summed E-state index contributed by atoms with van der Waals surface area (Å²) in [5.74, 6) is -0.246. The molecule has 0 radical (unpaired) electrons. The van der Waals surface area contributed by atoms with Crippen LogP contribution in [0.25, 0.3) is 44.3 Å². The number of pyridine rings is 1. The number of fused-ring (bicyclic) bond motifs is 4. The minimum absolute atomic E-state index is 0.219. The molecular formula is C35H37FNO+. The van der Waals surface area contributed by atoms with Crippen LogP contribution in [0.1, 0.15) is 56.9 Å². The molecule has 0 atom stereocenters. The summed E-state index contributed by atoms with van der Waals surface area (Å²) in [4.78, 5) is 0. The van der Waals surface area contributed by atoms with Crippen LogP contribution in [0.15, 0.2) is 65.2 Å². The maximum Gasteiger partial charge on any atom is 0.216 e. The van der Waals surface area contributed by atoms with E-state index >= 15 is 4.39 Å². The second-order valence-electron chi connectivity index (χ2n) is 13.3. The molecule has 0 saturated carbocycles. The number of hydrogen-bond acceptors (Lipinski definition) is 1. The van der Waals surface area contributed by atoms with Gasteiger partial charge in [0, 0.05) is 22.4 Å². The van der Waals surface area contributed by atoms with Crippen molar-refractivity contribution in [3.05, 3.63) is 88.9 Å². The molecule has 5 aromatic rings. The van der Waals surface area contributed by atoms with Gasteiger partial charge in [-0.15, -0.1) is 0 Å². The Morgan fingerprint density at radius 3 is 2.26 bits per heavy atom. The van der Waals surface area contributed by atoms with E-state index in [1.54, 1.807) is 6.07 Å². The number of nitrogens with zero attached hydrogens (tertiary/aromatic N) is 1. The predicted octanol–water partition coefficient (Wildman–Crippen LogP) is 8.91. The zero-order valence-electron chi connectivity index (χ0n) is 23.6. The molecule has 2 heterocycles. The summed E-state index contributed by atoms with van der Waals surface area (Å²) in [6, 6.07) is 18.5. The van der Waals surface area contributed by atoms with Crippen LogP contribution in [-0.2, 0) is 26.3 Å². The fraction of sp³-hybridized carbons (Fsp3) is 0.343. The van der Waals surface area contributed by atoms with Crippen LogP contribution in [0.5, 0.6) is 0 Å². The number of halogens is 1. The van der Waals surface area contributed by atoms with Gasteiger partial charge in [-0.05, 0) is 77.5 Å². The lowest BCUT2D eigenvalue weighted by Crippen LogP contribution is -2.32. The van der Waals surface area contributed by atoms with Crippen LogP contribution in [-0.4, -0.2) is 0 Å². The molecule has 3 heteroatoms. The van der Waals surface area contributed by atoms with Crippen LogP contribution >= 0.6 is 0 Å². The quantitative estimate of drug-likeness (QED) is 0.223. The first kappa shape index (κ1) is 24.9. The highest BCUT2D eigenvalue weighted by Crippen LogP contribution is 2.43. The summed E-state index contributed by atoms with van der Waals surface area (Å²) in [5, 5.41) is 1.97. The SMILES string of the molecule is Cc1ccc2c(oc3c(-c4ccc5c(c4)CC(C)(C)C5)c(F)ccc32)c1-c1ccc(CC(C)(C)C)c[n+]1C. The fourth-order valence-electron chi connectivity index (χ4n) is 6.42. The van der Waals surface area contributed by atoms with Gasteiger partial charge in [-0.2, -0.15) is 0 Å². The number of aromatic nitrogens is 1. The number of rotatable bonds is 3. The second kappa shape index (κ2) is 8.53. The van der Waals surface area contributed by atoms with Crippen molar-refractivity contribution in [2.75, 3.05) is 0 Å². The topological polar surface area (TPSA) is 17.0 Å². The van der Waals surface area contributed by atoms with Gasteiger partial charge in [-0.25, -0.2) is 8.96 Å². The minimum atomic E-state index is -0.246. The molecule has 1 aliphatic rings. The summed E-state index contributed by atoms with van der Waals surface area (Å²) in [6.45, 7) is 13.5. The third-order valence-electron chi connectivity index (χ3n) is 7.99. The molecule has 194 valence electrons. The molecule has 0 spiro atoms. The zero-order valence-corrected chi connectivity index (χ0v) is 23.6. The molecular weight excluding hydrogens is 469 g/mol. The monoisotopic (exact) mass is 506 g/mol. The molecule has 0 saturated heterocycles. The number of furan rings is 1. The van der Waals surface area contributed by atoms with E-state index in [4.69, 9.17) is 4.42 Å². The van der Waals surface area contributed by atoms with Gasteiger partial charge in [0.2, 0.25) is 5.69 Å². The second-order valence-corrected chi connectivity index (χ2v) is 13.3. The summed E-state index contributed by atoms with van der Waals surface area (Å²) >= 11 is 0. The van der Waals surface area contributed by atoms with Crippen molar-refractivity contribution >= 4 is 21.9 Å². The average molecular weight is 507 g/mol. The van der Waals surface area contributed by atoms with Crippen molar-refractivity contribution in [1.29, 1.82) is 0 Å². The lowest BCUT2D eigenvalue weighted by Gasteiger charge is -2.17. The Bertz CT molecular complexity index is 1730. The van der Waals surface area contributed by atoms with Crippen LogP contribution in [0.2, 0.25) is 0 Å². The zero-order chi connectivity index (χ0) is 27.0. The third kappa shape index (κ3) is 4.22. The van der Waals surface area contributed by atoms with Crippen molar-refractivity contribution in [2.45, 2.75) is 60.8 Å². The van der Waals surface area contributed by atoms with E-state index < -0.39 is 0 Å². The normalized spacial score (nSPS) is 14.9. The van der Waals surface area contributed by atoms with E-state index in [9.17, 15) is 0 Å². The minimum Gasteiger partial charge on any atom is -0.454 e. The molecule has 38 heavy (non-hydrogen) atoms. The van der Waals surface area contributed by atoms with Crippen molar-refractivity contribution in [2.24, 2.45) is 17.9 Å². The molecule has 0 unspecified atom stereocenters. The fourth-order valence-corrected chi connectivity index (χ4v) is 6.42. The maximum atomic E-state index is 15.5. The first-order chi connectivity index (χ1) is 17.9.